The smallest absolute Gasteiger partial charge is 0.190 e. The van der Waals surface area contributed by atoms with E-state index in [4.69, 9.17) is 14.1 Å². The van der Waals surface area contributed by atoms with Gasteiger partial charge in [-0.2, -0.15) is 0 Å². The molecule has 0 radical (unpaired) electrons. The summed E-state index contributed by atoms with van der Waals surface area (Å²) in [5.41, 5.74) is 2.06. The monoisotopic (exact) mass is 326 g/mol. The lowest BCUT2D eigenvalue weighted by molar-refractivity contribution is 0.340. The van der Waals surface area contributed by atoms with E-state index < -0.39 is 0 Å². The van der Waals surface area contributed by atoms with Crippen molar-refractivity contribution >= 4 is 17.0 Å². The molecule has 3 aromatic rings. The predicted molar refractivity (Wildman–Crippen MR) is 91.1 cm³/mol. The quantitative estimate of drug-likeness (QED) is 0.677. The molecule has 0 N–H and O–H groups in total. The topological polar surface area (TPSA) is 39.7 Å². The third-order valence-electron chi connectivity index (χ3n) is 3.80. The maximum Gasteiger partial charge on any atom is 0.190 e. The Morgan fingerprint density at radius 2 is 2.09 bits per heavy atom. The number of hydrogen-bond acceptors (Lipinski definition) is 4. The number of thiazole rings is 1. The molecule has 1 aliphatic rings. The fourth-order valence-electron chi connectivity index (χ4n) is 2.59. The summed E-state index contributed by atoms with van der Waals surface area (Å²) in [6.07, 6.45) is 4.13. The summed E-state index contributed by atoms with van der Waals surface area (Å²) in [7, 11) is 0. The molecular formula is C18H18N2O2S. The Bertz CT molecular complexity index is 840. The van der Waals surface area contributed by atoms with Crippen LogP contribution in [0.3, 0.4) is 0 Å². The van der Waals surface area contributed by atoms with Crippen LogP contribution in [0.4, 0.5) is 5.69 Å². The lowest BCUT2D eigenvalue weighted by atomic mass is 10.3. The molecule has 0 atom stereocenters. The average Bonchev–Trinajstić information content (AvgIpc) is 3.10. The first kappa shape index (κ1) is 14.3. The van der Waals surface area contributed by atoms with Crippen molar-refractivity contribution in [2.45, 2.75) is 25.8 Å². The second-order valence-corrected chi connectivity index (χ2v) is 6.36. The van der Waals surface area contributed by atoms with Gasteiger partial charge in [0.1, 0.15) is 5.75 Å². The van der Waals surface area contributed by atoms with Crippen molar-refractivity contribution in [1.82, 2.24) is 4.57 Å². The van der Waals surface area contributed by atoms with Gasteiger partial charge in [0, 0.05) is 11.4 Å². The fourth-order valence-corrected chi connectivity index (χ4v) is 3.55. The van der Waals surface area contributed by atoms with Crippen molar-refractivity contribution < 1.29 is 9.15 Å². The molecule has 0 spiro atoms. The van der Waals surface area contributed by atoms with E-state index in [9.17, 15) is 0 Å². The summed E-state index contributed by atoms with van der Waals surface area (Å²) in [5, 5.41) is 2.13. The van der Waals surface area contributed by atoms with Gasteiger partial charge >= 0.3 is 0 Å². The first-order valence-corrected chi connectivity index (χ1v) is 8.74. The first-order valence-electron chi connectivity index (χ1n) is 7.86. The lowest BCUT2D eigenvalue weighted by Gasteiger charge is -2.05. The molecule has 2 heterocycles. The molecule has 4 rings (SSSR count). The van der Waals surface area contributed by atoms with Crippen LogP contribution in [0.15, 0.2) is 57.5 Å². The number of rotatable bonds is 5. The second kappa shape index (κ2) is 6.08. The predicted octanol–water partition coefficient (Wildman–Crippen LogP) is 4.78. The van der Waals surface area contributed by atoms with Gasteiger partial charge in [-0.25, -0.2) is 4.99 Å². The van der Waals surface area contributed by atoms with E-state index in [2.05, 4.69) is 9.95 Å². The Morgan fingerprint density at radius 1 is 1.26 bits per heavy atom. The van der Waals surface area contributed by atoms with Crippen molar-refractivity contribution in [3.05, 3.63) is 52.8 Å². The van der Waals surface area contributed by atoms with Crippen LogP contribution in [0.2, 0.25) is 0 Å². The molecule has 0 unspecified atom stereocenters. The van der Waals surface area contributed by atoms with E-state index in [0.29, 0.717) is 12.6 Å². The van der Waals surface area contributed by atoms with Crippen LogP contribution >= 0.6 is 11.3 Å². The van der Waals surface area contributed by atoms with Crippen molar-refractivity contribution in [3.63, 3.8) is 0 Å². The SMILES string of the molecule is CCOc1ccc(N=c2scc(-c3ccco3)n2C2CC2)cc1. The van der Waals surface area contributed by atoms with E-state index in [0.717, 1.165) is 27.7 Å². The minimum absolute atomic E-state index is 0.544. The van der Waals surface area contributed by atoms with Crippen LogP contribution < -0.4 is 9.54 Å². The molecule has 118 valence electrons. The summed E-state index contributed by atoms with van der Waals surface area (Å²) in [4.78, 5) is 5.84. The maximum atomic E-state index is 5.57. The highest BCUT2D eigenvalue weighted by Crippen LogP contribution is 2.38. The van der Waals surface area contributed by atoms with Crippen LogP contribution in [0, 0.1) is 0 Å². The zero-order valence-corrected chi connectivity index (χ0v) is 13.8. The molecule has 2 aromatic heterocycles. The van der Waals surface area contributed by atoms with Gasteiger partial charge in [-0.3, -0.25) is 0 Å². The van der Waals surface area contributed by atoms with Crippen LogP contribution in [0.5, 0.6) is 5.75 Å². The van der Waals surface area contributed by atoms with Crippen LogP contribution in [0.1, 0.15) is 25.8 Å². The number of nitrogens with zero attached hydrogens (tertiary/aromatic N) is 2. The molecule has 4 nitrogen and oxygen atoms in total. The molecular weight excluding hydrogens is 308 g/mol. The average molecular weight is 326 g/mol. The number of furan rings is 1. The zero-order valence-electron chi connectivity index (χ0n) is 12.9. The molecule has 0 saturated heterocycles. The Labute approximate surface area is 138 Å². The Kier molecular flexibility index (Phi) is 3.79. The van der Waals surface area contributed by atoms with Crippen molar-refractivity contribution in [2.24, 2.45) is 4.99 Å². The third kappa shape index (κ3) is 2.97. The van der Waals surface area contributed by atoms with Crippen molar-refractivity contribution in [2.75, 3.05) is 6.61 Å². The molecule has 5 heteroatoms. The minimum atomic E-state index is 0.544. The first-order chi connectivity index (χ1) is 11.3. The second-order valence-electron chi connectivity index (χ2n) is 5.52. The van der Waals surface area contributed by atoms with Crippen molar-refractivity contribution in [1.29, 1.82) is 0 Å². The highest BCUT2D eigenvalue weighted by Gasteiger charge is 2.28. The van der Waals surface area contributed by atoms with Crippen LogP contribution in [-0.2, 0) is 0 Å². The van der Waals surface area contributed by atoms with Gasteiger partial charge in [-0.1, -0.05) is 0 Å². The molecule has 1 aliphatic carbocycles. The number of aromatic nitrogens is 1. The molecule has 1 aromatic carbocycles. The van der Waals surface area contributed by atoms with Crippen LogP contribution in [-0.4, -0.2) is 11.2 Å². The summed E-state index contributed by atoms with van der Waals surface area (Å²) >= 11 is 1.66. The van der Waals surface area contributed by atoms with E-state index >= 15 is 0 Å². The lowest BCUT2D eigenvalue weighted by Crippen LogP contribution is -2.14. The molecule has 0 aliphatic heterocycles. The van der Waals surface area contributed by atoms with E-state index in [-0.39, 0.29) is 0 Å². The van der Waals surface area contributed by atoms with Gasteiger partial charge in [0.15, 0.2) is 10.6 Å². The van der Waals surface area contributed by atoms with Gasteiger partial charge in [0.05, 0.1) is 24.3 Å². The standard InChI is InChI=1S/C18H18N2O2S/c1-2-21-15-9-5-13(6-10-15)19-18-20(14-7-8-14)16(12-23-18)17-4-3-11-22-17/h3-6,9-12,14H,2,7-8H2,1H3. The summed E-state index contributed by atoms with van der Waals surface area (Å²) in [6, 6.07) is 12.4. The molecule has 23 heavy (non-hydrogen) atoms. The Hall–Kier alpha value is -2.27. The van der Waals surface area contributed by atoms with Gasteiger partial charge in [-0.15, -0.1) is 11.3 Å². The number of hydrogen-bond donors (Lipinski definition) is 0. The molecule has 0 bridgehead atoms. The van der Waals surface area contributed by atoms with Crippen molar-refractivity contribution in [3.8, 4) is 17.2 Å². The van der Waals surface area contributed by atoms with Crippen LogP contribution in [0.25, 0.3) is 11.5 Å². The molecule has 1 saturated carbocycles. The third-order valence-corrected chi connectivity index (χ3v) is 4.64. The Morgan fingerprint density at radius 3 is 2.74 bits per heavy atom. The van der Waals surface area contributed by atoms with Gasteiger partial charge < -0.3 is 13.7 Å². The maximum absolute atomic E-state index is 5.57. The normalized spacial score (nSPS) is 15.1. The van der Waals surface area contributed by atoms with E-state index in [1.54, 1.807) is 17.6 Å². The Balaban J connectivity index is 1.73. The van der Waals surface area contributed by atoms with Gasteiger partial charge in [-0.05, 0) is 56.2 Å². The molecule has 0 amide bonds. The zero-order chi connectivity index (χ0) is 15.6. The van der Waals surface area contributed by atoms with Gasteiger partial charge in [0.2, 0.25) is 0 Å². The van der Waals surface area contributed by atoms with E-state index in [1.807, 2.05) is 43.3 Å². The van der Waals surface area contributed by atoms with E-state index in [1.165, 1.54) is 12.8 Å². The highest BCUT2D eigenvalue weighted by atomic mass is 32.1. The molecule has 1 fully saturated rings. The minimum Gasteiger partial charge on any atom is -0.494 e. The summed E-state index contributed by atoms with van der Waals surface area (Å²) in [6.45, 7) is 2.66. The fraction of sp³-hybridized carbons (Fsp3) is 0.278. The summed E-state index contributed by atoms with van der Waals surface area (Å²) in [5.74, 6) is 1.78. The van der Waals surface area contributed by atoms with Gasteiger partial charge in [0.25, 0.3) is 0 Å². The highest BCUT2D eigenvalue weighted by molar-refractivity contribution is 7.07. The number of ether oxygens (including phenoxy) is 1. The largest absolute Gasteiger partial charge is 0.494 e. The number of benzene rings is 1. The summed E-state index contributed by atoms with van der Waals surface area (Å²) < 4.78 is 13.4.